The lowest BCUT2D eigenvalue weighted by atomic mass is 10.1. The molecule has 3 N–H and O–H groups in total. The molecule has 2 amide bonds. The van der Waals surface area contributed by atoms with E-state index in [9.17, 15) is 9.59 Å². The van der Waals surface area contributed by atoms with E-state index in [0.717, 1.165) is 5.56 Å². The van der Waals surface area contributed by atoms with E-state index in [1.54, 1.807) is 30.3 Å². The summed E-state index contributed by atoms with van der Waals surface area (Å²) in [6.07, 6.45) is 2.79. The summed E-state index contributed by atoms with van der Waals surface area (Å²) in [6, 6.07) is 6.67. The molecule has 0 saturated carbocycles. The molecule has 0 heterocycles. The number of carbonyl (C=O) groups is 2. The smallest absolute Gasteiger partial charge is 0.248 e. The molecule has 0 unspecified atom stereocenters. The SMILES string of the molecule is C=CCCC(=O)NCC#Cc1ccc(C(N)=O)cc1. The van der Waals surface area contributed by atoms with Gasteiger partial charge in [0.15, 0.2) is 0 Å². The molecule has 0 radical (unpaired) electrons. The Kier molecular flexibility index (Phi) is 5.90. The summed E-state index contributed by atoms with van der Waals surface area (Å²) in [4.78, 5) is 22.1. The molecule has 0 aliphatic heterocycles. The van der Waals surface area contributed by atoms with Crippen LogP contribution in [0, 0.1) is 11.8 Å². The van der Waals surface area contributed by atoms with Gasteiger partial charge in [0.05, 0.1) is 6.54 Å². The Morgan fingerprint density at radius 1 is 1.32 bits per heavy atom. The minimum atomic E-state index is -0.464. The second-order valence-electron chi connectivity index (χ2n) is 3.85. The maximum absolute atomic E-state index is 11.3. The van der Waals surface area contributed by atoms with Crippen molar-refractivity contribution in [2.45, 2.75) is 12.8 Å². The summed E-state index contributed by atoms with van der Waals surface area (Å²) in [7, 11) is 0. The Balaban J connectivity index is 2.43. The summed E-state index contributed by atoms with van der Waals surface area (Å²) in [5.41, 5.74) is 6.35. The van der Waals surface area contributed by atoms with Crippen LogP contribution in [0.2, 0.25) is 0 Å². The van der Waals surface area contributed by atoms with Crippen molar-refractivity contribution >= 4 is 11.8 Å². The number of primary amides is 1. The zero-order chi connectivity index (χ0) is 14.1. The van der Waals surface area contributed by atoms with Crippen LogP contribution < -0.4 is 11.1 Å². The van der Waals surface area contributed by atoms with Crippen molar-refractivity contribution in [1.82, 2.24) is 5.32 Å². The molecule has 0 bridgehead atoms. The number of hydrogen-bond acceptors (Lipinski definition) is 2. The van der Waals surface area contributed by atoms with Crippen LogP contribution in [0.25, 0.3) is 0 Å². The lowest BCUT2D eigenvalue weighted by Crippen LogP contribution is -2.22. The molecular weight excluding hydrogens is 240 g/mol. The highest BCUT2D eigenvalue weighted by atomic mass is 16.1. The highest BCUT2D eigenvalue weighted by Gasteiger charge is 1.98. The van der Waals surface area contributed by atoms with Crippen LogP contribution in [-0.2, 0) is 4.79 Å². The zero-order valence-corrected chi connectivity index (χ0v) is 10.6. The van der Waals surface area contributed by atoms with Gasteiger partial charge in [0.1, 0.15) is 0 Å². The van der Waals surface area contributed by atoms with Crippen molar-refractivity contribution in [3.05, 3.63) is 48.0 Å². The van der Waals surface area contributed by atoms with E-state index < -0.39 is 5.91 Å². The van der Waals surface area contributed by atoms with Crippen molar-refractivity contribution in [2.24, 2.45) is 5.73 Å². The number of rotatable bonds is 5. The normalized spacial score (nSPS) is 9.05. The molecule has 1 rings (SSSR count). The standard InChI is InChI=1S/C15H16N2O2/c1-2-3-6-14(18)17-11-4-5-12-7-9-13(10-8-12)15(16)19/h2,7-10H,1,3,6,11H2,(H2,16,19)(H,17,18). The molecule has 4 nitrogen and oxygen atoms in total. The van der Waals surface area contributed by atoms with Gasteiger partial charge in [-0.1, -0.05) is 17.9 Å². The van der Waals surface area contributed by atoms with Crippen LogP contribution in [0.3, 0.4) is 0 Å². The van der Waals surface area contributed by atoms with Gasteiger partial charge in [-0.2, -0.15) is 0 Å². The fraction of sp³-hybridized carbons (Fsp3) is 0.200. The monoisotopic (exact) mass is 256 g/mol. The van der Waals surface area contributed by atoms with Gasteiger partial charge in [-0.15, -0.1) is 6.58 Å². The first kappa shape index (κ1) is 14.5. The van der Waals surface area contributed by atoms with E-state index in [1.165, 1.54) is 0 Å². The van der Waals surface area contributed by atoms with Gasteiger partial charge in [-0.05, 0) is 30.7 Å². The summed E-state index contributed by atoms with van der Waals surface area (Å²) in [6.45, 7) is 3.85. The number of benzene rings is 1. The number of allylic oxidation sites excluding steroid dienone is 1. The van der Waals surface area contributed by atoms with Crippen LogP contribution >= 0.6 is 0 Å². The lowest BCUT2D eigenvalue weighted by molar-refractivity contribution is -0.120. The Hall–Kier alpha value is -2.54. The minimum absolute atomic E-state index is 0.0433. The van der Waals surface area contributed by atoms with E-state index >= 15 is 0 Å². The number of nitrogens with one attached hydrogen (secondary N) is 1. The van der Waals surface area contributed by atoms with Crippen molar-refractivity contribution in [3.8, 4) is 11.8 Å². The van der Waals surface area contributed by atoms with Crippen LogP contribution in [-0.4, -0.2) is 18.4 Å². The summed E-state index contributed by atoms with van der Waals surface area (Å²) in [5.74, 6) is 5.21. The topological polar surface area (TPSA) is 72.2 Å². The van der Waals surface area contributed by atoms with E-state index in [0.29, 0.717) is 24.9 Å². The van der Waals surface area contributed by atoms with Gasteiger partial charge in [-0.25, -0.2) is 0 Å². The molecule has 19 heavy (non-hydrogen) atoms. The number of amides is 2. The lowest BCUT2D eigenvalue weighted by Gasteiger charge is -1.98. The molecule has 0 spiro atoms. The predicted octanol–water partition coefficient (Wildman–Crippen LogP) is 1.22. The zero-order valence-electron chi connectivity index (χ0n) is 10.6. The maximum Gasteiger partial charge on any atom is 0.248 e. The third kappa shape index (κ3) is 5.55. The molecule has 1 aromatic carbocycles. The predicted molar refractivity (Wildman–Crippen MR) is 74.3 cm³/mol. The average molecular weight is 256 g/mol. The first-order valence-electron chi connectivity index (χ1n) is 5.90. The van der Waals surface area contributed by atoms with Gasteiger partial charge >= 0.3 is 0 Å². The Bertz CT molecular complexity index is 521. The van der Waals surface area contributed by atoms with Crippen LogP contribution in [0.15, 0.2) is 36.9 Å². The summed E-state index contributed by atoms with van der Waals surface area (Å²) >= 11 is 0. The molecular formula is C15H16N2O2. The molecule has 0 saturated heterocycles. The van der Waals surface area contributed by atoms with Crippen LogP contribution in [0.5, 0.6) is 0 Å². The molecule has 4 heteroatoms. The molecule has 0 atom stereocenters. The molecule has 0 aliphatic carbocycles. The highest BCUT2D eigenvalue weighted by Crippen LogP contribution is 2.01. The maximum atomic E-state index is 11.3. The van der Waals surface area contributed by atoms with E-state index in [-0.39, 0.29) is 5.91 Å². The van der Waals surface area contributed by atoms with Gasteiger partial charge in [0.2, 0.25) is 11.8 Å². The average Bonchev–Trinajstić information content (AvgIpc) is 2.41. The number of hydrogen-bond donors (Lipinski definition) is 2. The van der Waals surface area contributed by atoms with Crippen molar-refractivity contribution < 1.29 is 9.59 Å². The van der Waals surface area contributed by atoms with E-state index in [4.69, 9.17) is 5.73 Å². The summed E-state index contributed by atoms with van der Waals surface area (Å²) in [5, 5.41) is 2.68. The van der Waals surface area contributed by atoms with Crippen LogP contribution in [0.1, 0.15) is 28.8 Å². The third-order valence-electron chi connectivity index (χ3n) is 2.35. The van der Waals surface area contributed by atoms with Gasteiger partial charge in [0, 0.05) is 17.5 Å². The van der Waals surface area contributed by atoms with Gasteiger partial charge < -0.3 is 11.1 Å². The Morgan fingerprint density at radius 2 is 2.00 bits per heavy atom. The molecule has 98 valence electrons. The fourth-order valence-electron chi connectivity index (χ4n) is 1.33. The molecule has 0 fully saturated rings. The van der Waals surface area contributed by atoms with Crippen molar-refractivity contribution in [3.63, 3.8) is 0 Å². The van der Waals surface area contributed by atoms with E-state index in [1.807, 2.05) is 0 Å². The molecule has 0 aliphatic rings. The quantitative estimate of drug-likeness (QED) is 0.614. The van der Waals surface area contributed by atoms with Crippen LogP contribution in [0.4, 0.5) is 0 Å². The second kappa shape index (κ2) is 7.72. The largest absolute Gasteiger partial charge is 0.366 e. The van der Waals surface area contributed by atoms with Crippen molar-refractivity contribution in [1.29, 1.82) is 0 Å². The number of carbonyl (C=O) groups excluding carboxylic acids is 2. The number of nitrogens with two attached hydrogens (primary N) is 1. The molecule has 1 aromatic rings. The van der Waals surface area contributed by atoms with E-state index in [2.05, 4.69) is 23.7 Å². The first-order chi connectivity index (χ1) is 9.13. The van der Waals surface area contributed by atoms with Gasteiger partial charge in [0.25, 0.3) is 0 Å². The molecule has 0 aromatic heterocycles. The second-order valence-corrected chi connectivity index (χ2v) is 3.85. The van der Waals surface area contributed by atoms with Gasteiger partial charge in [-0.3, -0.25) is 9.59 Å². The summed E-state index contributed by atoms with van der Waals surface area (Å²) < 4.78 is 0. The first-order valence-corrected chi connectivity index (χ1v) is 5.90. The minimum Gasteiger partial charge on any atom is -0.366 e. The fourth-order valence-corrected chi connectivity index (χ4v) is 1.33. The van der Waals surface area contributed by atoms with Crippen molar-refractivity contribution in [2.75, 3.05) is 6.54 Å². The Labute approximate surface area is 112 Å². The highest BCUT2D eigenvalue weighted by molar-refractivity contribution is 5.92. The third-order valence-corrected chi connectivity index (χ3v) is 2.35. The Morgan fingerprint density at radius 3 is 2.58 bits per heavy atom.